The van der Waals surface area contributed by atoms with Crippen LogP contribution in [-0.2, 0) is 25.8 Å². The molecule has 150 valence electrons. The van der Waals surface area contributed by atoms with E-state index in [1.165, 1.54) is 24.0 Å². The summed E-state index contributed by atoms with van der Waals surface area (Å²) in [6, 6.07) is 8.29. The number of likely N-dealkylation sites (tertiary alicyclic amines) is 1. The molecule has 1 aliphatic heterocycles. The van der Waals surface area contributed by atoms with Crippen molar-refractivity contribution in [1.82, 2.24) is 10.1 Å². The van der Waals surface area contributed by atoms with Gasteiger partial charge in [-0.3, -0.25) is 9.69 Å². The summed E-state index contributed by atoms with van der Waals surface area (Å²) in [4.78, 5) is 15.3. The summed E-state index contributed by atoms with van der Waals surface area (Å²) in [5, 5.41) is 4.34. The molecule has 0 unspecified atom stereocenters. The number of aryl methyl sites for hydroxylation is 1. The van der Waals surface area contributed by atoms with Crippen LogP contribution in [0.4, 0.5) is 0 Å². The molecule has 4 heteroatoms. The predicted octanol–water partition coefficient (Wildman–Crippen LogP) is 4.85. The molecule has 1 fully saturated rings. The van der Waals surface area contributed by atoms with Crippen LogP contribution in [-0.4, -0.2) is 28.9 Å². The summed E-state index contributed by atoms with van der Waals surface area (Å²) in [5.41, 5.74) is 4.67. The Morgan fingerprint density at radius 2 is 1.86 bits per heavy atom. The number of benzene rings is 1. The Bertz CT molecular complexity index is 799. The highest BCUT2D eigenvalue weighted by Gasteiger charge is 2.27. The largest absolute Gasteiger partial charge is 0.361 e. The van der Waals surface area contributed by atoms with E-state index in [9.17, 15) is 4.79 Å². The van der Waals surface area contributed by atoms with Crippen LogP contribution < -0.4 is 0 Å². The molecule has 2 aromatic rings. The molecule has 1 aromatic carbocycles. The molecule has 2 aliphatic rings. The van der Waals surface area contributed by atoms with Gasteiger partial charge in [-0.2, -0.15) is 0 Å². The molecule has 0 atom stereocenters. The number of piperidine rings is 1. The topological polar surface area (TPSA) is 46.3 Å². The quantitative estimate of drug-likeness (QED) is 0.672. The van der Waals surface area contributed by atoms with E-state index in [4.69, 9.17) is 4.52 Å². The van der Waals surface area contributed by atoms with Crippen molar-refractivity contribution >= 4 is 5.78 Å². The molecule has 1 aliphatic carbocycles. The fraction of sp³-hybridized carbons (Fsp3) is 0.583. The third-order valence-electron chi connectivity index (χ3n) is 6.25. The summed E-state index contributed by atoms with van der Waals surface area (Å²) in [7, 11) is 0. The standard InChI is InChI=1S/C24H32N2O2/c1-17(2)15-18-7-9-19(10-8-18)24(27)20-11-13-26(14-12-20)16-22-21-5-3-4-6-23(21)28-25-22/h7-10,17,20H,3-6,11-16H2,1-2H3. The van der Waals surface area contributed by atoms with E-state index in [0.717, 1.165) is 68.8 Å². The van der Waals surface area contributed by atoms with Gasteiger partial charge in [0.15, 0.2) is 5.78 Å². The molecule has 0 N–H and O–H groups in total. The van der Waals surface area contributed by atoms with Crippen LogP contribution in [0.5, 0.6) is 0 Å². The third kappa shape index (κ3) is 4.38. The maximum Gasteiger partial charge on any atom is 0.166 e. The molecule has 0 saturated carbocycles. The molecular formula is C24H32N2O2. The number of hydrogen-bond donors (Lipinski definition) is 0. The summed E-state index contributed by atoms with van der Waals surface area (Å²) >= 11 is 0. The van der Waals surface area contributed by atoms with E-state index in [1.807, 2.05) is 12.1 Å². The van der Waals surface area contributed by atoms with Crippen molar-refractivity contribution in [1.29, 1.82) is 0 Å². The van der Waals surface area contributed by atoms with E-state index in [1.54, 1.807) is 0 Å². The van der Waals surface area contributed by atoms with Crippen molar-refractivity contribution in [2.75, 3.05) is 13.1 Å². The number of aromatic nitrogens is 1. The Hall–Kier alpha value is -1.94. The van der Waals surface area contributed by atoms with Gasteiger partial charge in [-0.15, -0.1) is 0 Å². The molecule has 1 saturated heterocycles. The maximum atomic E-state index is 12.9. The fourth-order valence-electron chi connectivity index (χ4n) is 4.65. The number of rotatable bonds is 6. The third-order valence-corrected chi connectivity index (χ3v) is 6.25. The summed E-state index contributed by atoms with van der Waals surface area (Å²) in [6.45, 7) is 7.24. The van der Waals surface area contributed by atoms with Gasteiger partial charge in [-0.1, -0.05) is 43.3 Å². The summed E-state index contributed by atoms with van der Waals surface area (Å²) in [6.07, 6.45) is 7.55. The van der Waals surface area contributed by atoms with Gasteiger partial charge in [0.05, 0.1) is 0 Å². The normalized spacial score (nSPS) is 18.4. The predicted molar refractivity (Wildman–Crippen MR) is 110 cm³/mol. The number of carbonyl (C=O) groups is 1. The van der Waals surface area contributed by atoms with Crippen LogP contribution in [0.3, 0.4) is 0 Å². The lowest BCUT2D eigenvalue weighted by Crippen LogP contribution is -2.36. The molecule has 2 heterocycles. The minimum absolute atomic E-state index is 0.151. The maximum absolute atomic E-state index is 12.9. The Balaban J connectivity index is 1.31. The monoisotopic (exact) mass is 380 g/mol. The second-order valence-electron chi connectivity index (χ2n) is 8.95. The molecule has 0 spiro atoms. The molecule has 4 nitrogen and oxygen atoms in total. The van der Waals surface area contributed by atoms with Crippen LogP contribution >= 0.6 is 0 Å². The van der Waals surface area contributed by atoms with Gasteiger partial charge in [0.2, 0.25) is 0 Å². The van der Waals surface area contributed by atoms with E-state index >= 15 is 0 Å². The average molecular weight is 381 g/mol. The highest BCUT2D eigenvalue weighted by Crippen LogP contribution is 2.27. The van der Waals surface area contributed by atoms with E-state index in [-0.39, 0.29) is 5.92 Å². The van der Waals surface area contributed by atoms with Crippen LogP contribution in [0.25, 0.3) is 0 Å². The number of nitrogens with zero attached hydrogens (tertiary/aromatic N) is 2. The van der Waals surface area contributed by atoms with Gasteiger partial charge in [0.1, 0.15) is 11.5 Å². The van der Waals surface area contributed by atoms with Crippen LogP contribution in [0.1, 0.15) is 72.5 Å². The number of fused-ring (bicyclic) bond motifs is 1. The van der Waals surface area contributed by atoms with Crippen molar-refractivity contribution in [2.45, 2.75) is 65.3 Å². The van der Waals surface area contributed by atoms with Gasteiger partial charge in [0, 0.05) is 30.0 Å². The van der Waals surface area contributed by atoms with Crippen molar-refractivity contribution in [2.24, 2.45) is 11.8 Å². The minimum Gasteiger partial charge on any atom is -0.361 e. The number of ketones is 1. The number of hydrogen-bond acceptors (Lipinski definition) is 4. The fourth-order valence-corrected chi connectivity index (χ4v) is 4.65. The Labute approximate surface area is 168 Å². The lowest BCUT2D eigenvalue weighted by molar-refractivity contribution is 0.0832. The lowest BCUT2D eigenvalue weighted by Gasteiger charge is -2.31. The average Bonchev–Trinajstić information content (AvgIpc) is 3.11. The van der Waals surface area contributed by atoms with Crippen molar-refractivity contribution in [3.05, 3.63) is 52.4 Å². The number of carbonyl (C=O) groups excluding carboxylic acids is 1. The molecule has 0 bridgehead atoms. The summed E-state index contributed by atoms with van der Waals surface area (Å²) in [5.74, 6) is 2.21. The van der Waals surface area contributed by atoms with Crippen LogP contribution in [0.15, 0.2) is 28.8 Å². The van der Waals surface area contributed by atoms with E-state index in [2.05, 4.69) is 36.0 Å². The smallest absolute Gasteiger partial charge is 0.166 e. The first kappa shape index (κ1) is 19.4. The Morgan fingerprint density at radius 3 is 2.57 bits per heavy atom. The molecule has 1 aromatic heterocycles. The molecule has 4 rings (SSSR count). The first-order chi connectivity index (χ1) is 13.6. The van der Waals surface area contributed by atoms with Gasteiger partial charge in [0.25, 0.3) is 0 Å². The zero-order chi connectivity index (χ0) is 19.5. The van der Waals surface area contributed by atoms with Crippen molar-refractivity contribution in [3.63, 3.8) is 0 Å². The zero-order valence-corrected chi connectivity index (χ0v) is 17.2. The highest BCUT2D eigenvalue weighted by molar-refractivity contribution is 5.97. The SMILES string of the molecule is CC(C)Cc1ccc(C(=O)C2CCN(Cc3noc4c3CCCC4)CC2)cc1. The molecule has 0 radical (unpaired) electrons. The second kappa shape index (κ2) is 8.60. The van der Waals surface area contributed by atoms with Crippen molar-refractivity contribution in [3.8, 4) is 0 Å². The molecule has 28 heavy (non-hydrogen) atoms. The highest BCUT2D eigenvalue weighted by atomic mass is 16.5. The van der Waals surface area contributed by atoms with Crippen LogP contribution in [0.2, 0.25) is 0 Å². The lowest BCUT2D eigenvalue weighted by atomic mass is 9.88. The summed E-state index contributed by atoms with van der Waals surface area (Å²) < 4.78 is 5.55. The molecule has 0 amide bonds. The first-order valence-electron chi connectivity index (χ1n) is 10.9. The van der Waals surface area contributed by atoms with Crippen molar-refractivity contribution < 1.29 is 9.32 Å². The Kier molecular flexibility index (Phi) is 5.96. The van der Waals surface area contributed by atoms with Crippen LogP contribution in [0, 0.1) is 11.8 Å². The van der Waals surface area contributed by atoms with E-state index < -0.39 is 0 Å². The van der Waals surface area contributed by atoms with Gasteiger partial charge < -0.3 is 4.52 Å². The first-order valence-corrected chi connectivity index (χ1v) is 10.9. The zero-order valence-electron chi connectivity index (χ0n) is 17.2. The van der Waals surface area contributed by atoms with Gasteiger partial charge in [-0.05, 0) is 63.1 Å². The van der Waals surface area contributed by atoms with E-state index in [0.29, 0.717) is 11.7 Å². The number of Topliss-reactive ketones (excluding diaryl/α,β-unsaturated/α-hetero) is 1. The van der Waals surface area contributed by atoms with Gasteiger partial charge >= 0.3 is 0 Å². The van der Waals surface area contributed by atoms with Gasteiger partial charge in [-0.25, -0.2) is 0 Å². The Morgan fingerprint density at radius 1 is 1.14 bits per heavy atom. The minimum atomic E-state index is 0.151. The second-order valence-corrected chi connectivity index (χ2v) is 8.95. The molecular weight excluding hydrogens is 348 g/mol.